The molecule has 1 aromatic heterocycles. The number of rotatable bonds is 3. The normalized spacial score (nSPS) is 11.9. The van der Waals surface area contributed by atoms with Crippen LogP contribution in [0.2, 0.25) is 19.6 Å². The molecule has 1 rings (SSSR count). The van der Waals surface area contributed by atoms with Gasteiger partial charge in [0.05, 0.1) is 6.61 Å². The molecular weight excluding hydrogens is 176 g/mol. The van der Waals surface area contributed by atoms with Gasteiger partial charge in [0.15, 0.2) is 14.1 Å². The molecule has 0 saturated carbocycles. The van der Waals surface area contributed by atoms with Gasteiger partial charge < -0.3 is 13.3 Å². The van der Waals surface area contributed by atoms with E-state index in [1.807, 2.05) is 0 Å². The summed E-state index contributed by atoms with van der Waals surface area (Å²) in [5.41, 5.74) is 0. The van der Waals surface area contributed by atoms with E-state index in [0.29, 0.717) is 12.4 Å². The molecule has 0 aromatic carbocycles. The highest BCUT2D eigenvalue weighted by Gasteiger charge is 2.15. The minimum atomic E-state index is -1.53. The lowest BCUT2D eigenvalue weighted by atomic mass is 10.6. The molecule has 12 heavy (non-hydrogen) atoms. The van der Waals surface area contributed by atoms with Crippen molar-refractivity contribution >= 4 is 8.32 Å². The summed E-state index contributed by atoms with van der Waals surface area (Å²) in [6.07, 6.45) is 1.28. The average molecular weight is 188 g/mol. The monoisotopic (exact) mass is 188 g/mol. The lowest BCUT2D eigenvalue weighted by Crippen LogP contribution is -2.24. The van der Waals surface area contributed by atoms with Crippen molar-refractivity contribution in [1.82, 2.24) is 0 Å². The highest BCUT2D eigenvalue weighted by Crippen LogP contribution is 2.07. The van der Waals surface area contributed by atoms with Crippen molar-refractivity contribution in [3.8, 4) is 0 Å². The summed E-state index contributed by atoms with van der Waals surface area (Å²) in [5, 5.41) is 0. The Labute approximate surface area is 71.3 Å². The quantitative estimate of drug-likeness (QED) is 0.676. The van der Waals surface area contributed by atoms with Crippen LogP contribution in [0.3, 0.4) is 0 Å². The zero-order chi connectivity index (χ0) is 9.19. The third kappa shape index (κ3) is 3.06. The summed E-state index contributed by atoms with van der Waals surface area (Å²) >= 11 is 0. The van der Waals surface area contributed by atoms with E-state index in [9.17, 15) is 4.79 Å². The lowest BCUT2D eigenvalue weighted by Gasteiger charge is -2.14. The van der Waals surface area contributed by atoms with Crippen molar-refractivity contribution in [1.29, 1.82) is 0 Å². The summed E-state index contributed by atoms with van der Waals surface area (Å²) in [4.78, 5) is 10.4. The van der Waals surface area contributed by atoms with Crippen LogP contribution in [0.5, 0.6) is 0 Å². The number of hydrogen-bond donors (Lipinski definition) is 0. The Bertz CT molecular complexity index is 293. The van der Waals surface area contributed by atoms with Crippen LogP contribution in [0, 0.1) is 0 Å². The second-order valence-electron chi connectivity index (χ2n) is 3.46. The lowest BCUT2D eigenvalue weighted by molar-refractivity contribution is 0.256. The van der Waals surface area contributed by atoms with Gasteiger partial charge in [-0.25, -0.2) is 4.79 Å². The van der Waals surface area contributed by atoms with Gasteiger partial charge in [-0.1, -0.05) is 0 Å². The first-order chi connectivity index (χ1) is 5.47. The third-order valence-electron chi connectivity index (χ3n) is 1.15. The van der Waals surface area contributed by atoms with Crippen LogP contribution in [0.25, 0.3) is 0 Å². The van der Waals surface area contributed by atoms with E-state index >= 15 is 0 Å². The molecule has 4 nitrogen and oxygen atoms in total. The van der Waals surface area contributed by atoms with E-state index in [2.05, 4.69) is 28.5 Å². The zero-order valence-corrected chi connectivity index (χ0v) is 8.42. The smallest absolute Gasteiger partial charge is 0.410 e. The van der Waals surface area contributed by atoms with E-state index in [-0.39, 0.29) is 0 Å². The topological polar surface area (TPSA) is 52.6 Å². The van der Waals surface area contributed by atoms with Crippen molar-refractivity contribution in [2.24, 2.45) is 0 Å². The van der Waals surface area contributed by atoms with Crippen LogP contribution in [0.4, 0.5) is 0 Å². The highest BCUT2D eigenvalue weighted by atomic mass is 28.4. The Morgan fingerprint density at radius 2 is 2.17 bits per heavy atom. The molecule has 0 unspecified atom stereocenters. The molecule has 0 aliphatic heterocycles. The molecule has 0 fully saturated rings. The van der Waals surface area contributed by atoms with Crippen LogP contribution in [0.1, 0.15) is 5.76 Å². The molecule has 0 spiro atoms. The van der Waals surface area contributed by atoms with Crippen molar-refractivity contribution in [2.75, 3.05) is 0 Å². The molecule has 68 valence electrons. The molecule has 0 atom stereocenters. The molecule has 0 radical (unpaired) electrons. The maximum absolute atomic E-state index is 10.4. The Balaban J connectivity index is 2.49. The van der Waals surface area contributed by atoms with Gasteiger partial charge in [-0.05, 0) is 19.6 Å². The van der Waals surface area contributed by atoms with Gasteiger partial charge in [0.2, 0.25) is 0 Å². The SMILES string of the molecule is C[Si](C)(C)OCc1coc(=O)o1. The standard InChI is InChI=1S/C7H12O4Si/c1-12(2,3)10-5-6-4-9-7(8)11-6/h4H,5H2,1-3H3. The summed E-state index contributed by atoms with van der Waals surface area (Å²) in [7, 11) is -1.53. The predicted molar refractivity (Wildman–Crippen MR) is 45.4 cm³/mol. The first-order valence-corrected chi connectivity index (χ1v) is 7.10. The molecule has 0 saturated heterocycles. The van der Waals surface area contributed by atoms with Crippen LogP contribution in [-0.4, -0.2) is 8.32 Å². The Morgan fingerprint density at radius 1 is 1.50 bits per heavy atom. The van der Waals surface area contributed by atoms with E-state index in [4.69, 9.17) is 4.43 Å². The predicted octanol–water partition coefficient (Wildman–Crippen LogP) is 1.58. The zero-order valence-electron chi connectivity index (χ0n) is 7.42. The fraction of sp³-hybridized carbons (Fsp3) is 0.571. The van der Waals surface area contributed by atoms with Crippen molar-refractivity contribution in [3.63, 3.8) is 0 Å². The van der Waals surface area contributed by atoms with Gasteiger partial charge in [0, 0.05) is 0 Å². The fourth-order valence-corrected chi connectivity index (χ4v) is 1.20. The van der Waals surface area contributed by atoms with Crippen LogP contribution in [-0.2, 0) is 11.0 Å². The molecule has 0 N–H and O–H groups in total. The minimum Gasteiger partial charge on any atom is -0.410 e. The molecule has 5 heteroatoms. The van der Waals surface area contributed by atoms with Gasteiger partial charge >= 0.3 is 5.82 Å². The summed E-state index contributed by atoms with van der Waals surface area (Å²) in [5.74, 6) is -0.230. The Morgan fingerprint density at radius 3 is 2.58 bits per heavy atom. The maximum Gasteiger partial charge on any atom is 0.518 e. The average Bonchev–Trinajstić information content (AvgIpc) is 2.30. The van der Waals surface area contributed by atoms with Crippen LogP contribution in [0.15, 0.2) is 19.9 Å². The van der Waals surface area contributed by atoms with Crippen molar-refractivity contribution in [2.45, 2.75) is 26.2 Å². The molecule has 1 heterocycles. The summed E-state index contributed by atoms with van der Waals surface area (Å²) in [6, 6.07) is 0. The molecule has 0 amide bonds. The third-order valence-corrected chi connectivity index (χ3v) is 2.16. The van der Waals surface area contributed by atoms with Gasteiger partial charge in [-0.15, -0.1) is 0 Å². The highest BCUT2D eigenvalue weighted by molar-refractivity contribution is 6.69. The van der Waals surface area contributed by atoms with E-state index in [0.717, 1.165) is 0 Å². The molecule has 1 aromatic rings. The molecular formula is C7H12O4Si. The van der Waals surface area contributed by atoms with Gasteiger partial charge in [0.1, 0.15) is 6.26 Å². The fourth-order valence-electron chi connectivity index (χ4n) is 0.620. The Hall–Kier alpha value is -0.813. The molecule has 0 aliphatic carbocycles. The first kappa shape index (κ1) is 9.28. The number of hydrogen-bond acceptors (Lipinski definition) is 4. The molecule has 0 bridgehead atoms. The summed E-state index contributed by atoms with van der Waals surface area (Å²) in [6.45, 7) is 6.50. The molecule has 0 aliphatic rings. The Kier molecular flexibility index (Phi) is 2.54. The van der Waals surface area contributed by atoms with E-state index in [1.54, 1.807) is 0 Å². The van der Waals surface area contributed by atoms with E-state index < -0.39 is 14.1 Å². The van der Waals surface area contributed by atoms with Gasteiger partial charge in [-0.3, -0.25) is 0 Å². The van der Waals surface area contributed by atoms with Crippen LogP contribution < -0.4 is 5.82 Å². The minimum absolute atomic E-state index is 0.321. The van der Waals surface area contributed by atoms with Gasteiger partial charge in [0.25, 0.3) is 0 Å². The largest absolute Gasteiger partial charge is 0.518 e. The van der Waals surface area contributed by atoms with Crippen molar-refractivity contribution in [3.05, 3.63) is 22.6 Å². The first-order valence-electron chi connectivity index (χ1n) is 3.69. The van der Waals surface area contributed by atoms with Crippen molar-refractivity contribution < 1.29 is 13.3 Å². The van der Waals surface area contributed by atoms with Crippen LogP contribution >= 0.6 is 0 Å². The second-order valence-corrected chi connectivity index (χ2v) is 7.97. The maximum atomic E-state index is 10.4. The second kappa shape index (κ2) is 3.28. The summed E-state index contributed by atoms with van der Waals surface area (Å²) < 4.78 is 14.6. The van der Waals surface area contributed by atoms with E-state index in [1.165, 1.54) is 6.26 Å². The van der Waals surface area contributed by atoms with Gasteiger partial charge in [-0.2, -0.15) is 0 Å².